The lowest BCUT2D eigenvalue weighted by Gasteiger charge is -2.29. The van der Waals surface area contributed by atoms with Crippen molar-refractivity contribution < 1.29 is 9.53 Å². The van der Waals surface area contributed by atoms with Gasteiger partial charge in [0.1, 0.15) is 10.7 Å². The van der Waals surface area contributed by atoms with Crippen LogP contribution in [0.25, 0.3) is 10.2 Å². The predicted octanol–water partition coefficient (Wildman–Crippen LogP) is 2.90. The minimum atomic E-state index is -0.0643. The number of fused-ring (bicyclic) bond motifs is 3. The number of nitrogens with one attached hydrogen (secondary N) is 1. The molecule has 2 aliphatic rings. The maximum absolute atomic E-state index is 12.7. The Balaban J connectivity index is 1.18. The van der Waals surface area contributed by atoms with Gasteiger partial charge in [0.15, 0.2) is 0 Å². The summed E-state index contributed by atoms with van der Waals surface area (Å²) in [6.45, 7) is 3.91. The Hall–Kier alpha value is -2.71. The molecule has 1 aromatic carbocycles. The molecular formula is C24H28N4O3S. The highest BCUT2D eigenvalue weighted by Crippen LogP contribution is 2.34. The van der Waals surface area contributed by atoms with Crippen LogP contribution in [-0.4, -0.2) is 54.1 Å². The number of aromatic amines is 1. The van der Waals surface area contributed by atoms with Crippen LogP contribution in [0, 0.1) is 0 Å². The molecule has 1 N–H and O–H groups in total. The number of anilines is 1. The van der Waals surface area contributed by atoms with Crippen molar-refractivity contribution in [2.75, 3.05) is 38.3 Å². The Kier molecular flexibility index (Phi) is 5.97. The number of aromatic nitrogens is 2. The first-order valence-electron chi connectivity index (χ1n) is 11.3. The highest BCUT2D eigenvalue weighted by molar-refractivity contribution is 7.18. The predicted molar refractivity (Wildman–Crippen MR) is 127 cm³/mol. The van der Waals surface area contributed by atoms with Gasteiger partial charge in [0.05, 0.1) is 18.6 Å². The fourth-order valence-corrected chi connectivity index (χ4v) is 5.86. The van der Waals surface area contributed by atoms with Crippen molar-refractivity contribution in [1.82, 2.24) is 14.9 Å². The monoisotopic (exact) mass is 452 g/mol. The first-order valence-corrected chi connectivity index (χ1v) is 12.1. The second-order valence-electron chi connectivity index (χ2n) is 8.57. The van der Waals surface area contributed by atoms with E-state index in [0.717, 1.165) is 61.3 Å². The van der Waals surface area contributed by atoms with Gasteiger partial charge in [-0.25, -0.2) is 4.98 Å². The molecule has 3 heterocycles. The van der Waals surface area contributed by atoms with E-state index in [1.807, 2.05) is 7.05 Å². The van der Waals surface area contributed by atoms with Gasteiger partial charge >= 0.3 is 0 Å². The van der Waals surface area contributed by atoms with Gasteiger partial charge in [-0.15, -0.1) is 11.3 Å². The molecule has 0 bridgehead atoms. The fourth-order valence-electron chi connectivity index (χ4n) is 4.58. The molecule has 1 fully saturated rings. The molecule has 1 amide bonds. The fraction of sp³-hybridized carbons (Fsp3) is 0.458. The molecule has 7 nitrogen and oxygen atoms in total. The van der Waals surface area contributed by atoms with Crippen molar-refractivity contribution >= 4 is 33.1 Å². The molecule has 0 radical (unpaired) electrons. The molecule has 3 aromatic rings. The number of carbonyl (C=O) groups excluding carboxylic acids is 1. The van der Waals surface area contributed by atoms with Crippen LogP contribution >= 0.6 is 11.3 Å². The molecule has 2 aromatic heterocycles. The van der Waals surface area contributed by atoms with Gasteiger partial charge in [0, 0.05) is 50.1 Å². The molecule has 5 rings (SSSR count). The standard InChI is InChI=1S/C24H28N4O3S/c1-27(15-16-5-7-17(8-6-16)28-11-13-31-14-12-28)21(29)10-9-20-25-23(30)22-18-3-2-4-19(18)32-24(22)26-20/h5-8H,2-4,9-15H2,1H3,(H,25,26,30). The van der Waals surface area contributed by atoms with E-state index in [0.29, 0.717) is 25.2 Å². The number of thiophene rings is 1. The van der Waals surface area contributed by atoms with E-state index in [1.165, 1.54) is 16.1 Å². The topological polar surface area (TPSA) is 78.5 Å². The van der Waals surface area contributed by atoms with Gasteiger partial charge in [0.2, 0.25) is 5.91 Å². The summed E-state index contributed by atoms with van der Waals surface area (Å²) >= 11 is 1.63. The lowest BCUT2D eigenvalue weighted by molar-refractivity contribution is -0.130. The normalized spacial score (nSPS) is 15.8. The average molecular weight is 453 g/mol. The lowest BCUT2D eigenvalue weighted by atomic mass is 10.1. The molecule has 1 saturated heterocycles. The Morgan fingerprint density at radius 3 is 2.78 bits per heavy atom. The van der Waals surface area contributed by atoms with Gasteiger partial charge in [-0.05, 0) is 42.5 Å². The number of ether oxygens (including phenoxy) is 1. The van der Waals surface area contributed by atoms with Gasteiger partial charge in [-0.1, -0.05) is 12.1 Å². The maximum Gasteiger partial charge on any atom is 0.259 e. The zero-order chi connectivity index (χ0) is 22.1. The second-order valence-corrected chi connectivity index (χ2v) is 9.65. The molecule has 1 aliphatic carbocycles. The van der Waals surface area contributed by atoms with Gasteiger partial charge in [0.25, 0.3) is 5.56 Å². The molecular weight excluding hydrogens is 424 g/mol. The number of hydrogen-bond donors (Lipinski definition) is 1. The molecule has 0 atom stereocenters. The van der Waals surface area contributed by atoms with Crippen molar-refractivity contribution in [2.45, 2.75) is 38.6 Å². The van der Waals surface area contributed by atoms with E-state index in [2.05, 4.69) is 39.1 Å². The molecule has 1 aliphatic heterocycles. The van der Waals surface area contributed by atoms with Gasteiger partial charge in [-0.2, -0.15) is 0 Å². The average Bonchev–Trinajstić information content (AvgIpc) is 3.39. The van der Waals surface area contributed by atoms with E-state index in [1.54, 1.807) is 16.2 Å². The molecule has 32 heavy (non-hydrogen) atoms. The number of rotatable bonds is 6. The van der Waals surface area contributed by atoms with Crippen LogP contribution in [0.15, 0.2) is 29.1 Å². The SMILES string of the molecule is CN(Cc1ccc(N2CCOCC2)cc1)C(=O)CCc1nc2sc3c(c2c(=O)[nH]1)CCC3. The Morgan fingerprint density at radius 2 is 2.00 bits per heavy atom. The van der Waals surface area contributed by atoms with Crippen LogP contribution in [0.5, 0.6) is 0 Å². The number of hydrogen-bond acceptors (Lipinski definition) is 6. The number of morpholine rings is 1. The minimum Gasteiger partial charge on any atom is -0.378 e. The molecule has 168 valence electrons. The van der Waals surface area contributed by atoms with Crippen LogP contribution in [-0.2, 0) is 35.3 Å². The van der Waals surface area contributed by atoms with Crippen molar-refractivity contribution in [3.8, 4) is 0 Å². The summed E-state index contributed by atoms with van der Waals surface area (Å²) < 4.78 is 5.41. The summed E-state index contributed by atoms with van der Waals surface area (Å²) in [5, 5.41) is 0.759. The summed E-state index contributed by atoms with van der Waals surface area (Å²) in [5.41, 5.74) is 3.40. The van der Waals surface area contributed by atoms with E-state index < -0.39 is 0 Å². The van der Waals surface area contributed by atoms with Crippen LogP contribution in [0.1, 0.15) is 34.7 Å². The minimum absolute atomic E-state index is 0.0404. The number of H-pyrrole nitrogens is 1. The zero-order valence-electron chi connectivity index (χ0n) is 18.4. The second kappa shape index (κ2) is 9.03. The summed E-state index contributed by atoms with van der Waals surface area (Å²) in [6.07, 6.45) is 3.89. The summed E-state index contributed by atoms with van der Waals surface area (Å²) in [5.74, 6) is 0.637. The van der Waals surface area contributed by atoms with Crippen molar-refractivity contribution in [3.05, 3.63) is 56.4 Å². The summed E-state index contributed by atoms with van der Waals surface area (Å²) in [6, 6.07) is 8.39. The first kappa shape index (κ1) is 21.2. The summed E-state index contributed by atoms with van der Waals surface area (Å²) in [4.78, 5) is 39.0. The molecule has 8 heteroatoms. The number of aryl methyl sites for hydroxylation is 3. The van der Waals surface area contributed by atoms with Crippen molar-refractivity contribution in [3.63, 3.8) is 0 Å². The van der Waals surface area contributed by atoms with Crippen LogP contribution in [0.3, 0.4) is 0 Å². The zero-order valence-corrected chi connectivity index (χ0v) is 19.2. The third-order valence-electron chi connectivity index (χ3n) is 6.36. The number of amides is 1. The Labute approximate surface area is 191 Å². The quantitative estimate of drug-likeness (QED) is 0.622. The largest absolute Gasteiger partial charge is 0.378 e. The van der Waals surface area contributed by atoms with Crippen molar-refractivity contribution in [2.24, 2.45) is 0 Å². The number of nitrogens with zero attached hydrogens (tertiary/aromatic N) is 3. The third-order valence-corrected chi connectivity index (χ3v) is 7.54. The lowest BCUT2D eigenvalue weighted by Crippen LogP contribution is -2.36. The summed E-state index contributed by atoms with van der Waals surface area (Å²) in [7, 11) is 1.82. The van der Waals surface area contributed by atoms with Gasteiger partial charge < -0.3 is 19.5 Å². The Morgan fingerprint density at radius 1 is 1.22 bits per heavy atom. The molecule has 0 saturated carbocycles. The Bertz CT molecular complexity index is 1180. The van der Waals surface area contributed by atoms with E-state index in [4.69, 9.17) is 4.74 Å². The third kappa shape index (κ3) is 4.29. The highest BCUT2D eigenvalue weighted by atomic mass is 32.1. The molecule has 0 spiro atoms. The molecule has 0 unspecified atom stereocenters. The number of carbonyl (C=O) groups is 1. The first-order chi connectivity index (χ1) is 15.6. The highest BCUT2D eigenvalue weighted by Gasteiger charge is 2.21. The maximum atomic E-state index is 12.7. The van der Waals surface area contributed by atoms with Crippen LogP contribution < -0.4 is 10.5 Å². The van der Waals surface area contributed by atoms with E-state index in [9.17, 15) is 9.59 Å². The number of benzene rings is 1. The smallest absolute Gasteiger partial charge is 0.259 e. The van der Waals surface area contributed by atoms with Gasteiger partial charge in [-0.3, -0.25) is 9.59 Å². The van der Waals surface area contributed by atoms with Crippen LogP contribution in [0.2, 0.25) is 0 Å². The van der Waals surface area contributed by atoms with Crippen molar-refractivity contribution in [1.29, 1.82) is 0 Å². The van der Waals surface area contributed by atoms with E-state index in [-0.39, 0.29) is 11.5 Å². The van der Waals surface area contributed by atoms with E-state index >= 15 is 0 Å². The van der Waals surface area contributed by atoms with Crippen LogP contribution in [0.4, 0.5) is 5.69 Å².